The van der Waals surface area contributed by atoms with Crippen LogP contribution in [-0.2, 0) is 14.3 Å². The van der Waals surface area contributed by atoms with Crippen LogP contribution in [0.2, 0.25) is 0 Å². The van der Waals surface area contributed by atoms with Gasteiger partial charge in [0.05, 0.1) is 24.5 Å². The van der Waals surface area contributed by atoms with Crippen LogP contribution in [0.5, 0.6) is 0 Å². The average Bonchev–Trinajstić information content (AvgIpc) is 3.01. The minimum atomic E-state index is -0.593. The number of amides is 3. The number of benzene rings is 1. The summed E-state index contributed by atoms with van der Waals surface area (Å²) in [6.07, 6.45) is -0.738. The Labute approximate surface area is 153 Å². The third-order valence-electron chi connectivity index (χ3n) is 3.84. The van der Waals surface area contributed by atoms with E-state index in [0.29, 0.717) is 17.2 Å². The average molecular weight is 380 g/mol. The number of nitrogens with one attached hydrogen (secondary N) is 2. The minimum Gasteiger partial charge on any atom is -0.442 e. The summed E-state index contributed by atoms with van der Waals surface area (Å²) >= 11 is 1.14. The van der Waals surface area contributed by atoms with E-state index in [9.17, 15) is 18.8 Å². The van der Waals surface area contributed by atoms with Crippen molar-refractivity contribution in [1.82, 2.24) is 10.7 Å². The van der Waals surface area contributed by atoms with Crippen LogP contribution >= 0.6 is 11.8 Å². The monoisotopic (exact) mass is 380 g/mol. The number of ether oxygens (including phenoxy) is 1. The molecule has 1 fully saturated rings. The van der Waals surface area contributed by atoms with E-state index in [1.54, 1.807) is 13.0 Å². The fourth-order valence-electron chi connectivity index (χ4n) is 2.49. The summed E-state index contributed by atoms with van der Waals surface area (Å²) in [5.41, 5.74) is 2.91. The van der Waals surface area contributed by atoms with E-state index in [1.165, 1.54) is 17.0 Å². The maximum atomic E-state index is 14.5. The number of hydrogen-bond acceptors (Lipinski definition) is 6. The molecule has 8 nitrogen and oxygen atoms in total. The van der Waals surface area contributed by atoms with E-state index in [4.69, 9.17) is 4.74 Å². The highest BCUT2D eigenvalue weighted by atomic mass is 32.2. The molecule has 0 aliphatic carbocycles. The van der Waals surface area contributed by atoms with Gasteiger partial charge in [0.1, 0.15) is 17.0 Å². The zero-order valence-corrected chi connectivity index (χ0v) is 14.8. The van der Waals surface area contributed by atoms with Crippen molar-refractivity contribution in [3.05, 3.63) is 29.6 Å². The van der Waals surface area contributed by atoms with Crippen molar-refractivity contribution in [2.45, 2.75) is 19.4 Å². The second kappa shape index (κ2) is 7.73. The van der Waals surface area contributed by atoms with Gasteiger partial charge in [-0.05, 0) is 18.2 Å². The number of hydrazone groups is 1. The molecular weight excluding hydrogens is 363 g/mol. The first-order chi connectivity index (χ1) is 12.5. The molecule has 138 valence electrons. The second-order valence-electron chi connectivity index (χ2n) is 5.68. The molecule has 10 heteroatoms. The molecule has 2 aliphatic heterocycles. The molecule has 1 unspecified atom stereocenters. The lowest BCUT2D eigenvalue weighted by Gasteiger charge is -2.16. The van der Waals surface area contributed by atoms with Gasteiger partial charge in [-0.15, -0.1) is 0 Å². The molecule has 2 N–H and O–H groups in total. The number of anilines is 1. The summed E-state index contributed by atoms with van der Waals surface area (Å²) in [5.74, 6) is -0.756. The number of cyclic esters (lactones) is 1. The van der Waals surface area contributed by atoms with Gasteiger partial charge in [0.15, 0.2) is 0 Å². The van der Waals surface area contributed by atoms with Crippen LogP contribution < -0.4 is 15.6 Å². The number of halogens is 1. The Balaban J connectivity index is 1.70. The van der Waals surface area contributed by atoms with Crippen molar-refractivity contribution in [3.8, 4) is 0 Å². The summed E-state index contributed by atoms with van der Waals surface area (Å²) in [4.78, 5) is 35.8. The van der Waals surface area contributed by atoms with Crippen molar-refractivity contribution in [2.24, 2.45) is 5.10 Å². The molecule has 1 aromatic carbocycles. The second-order valence-corrected chi connectivity index (χ2v) is 6.64. The van der Waals surface area contributed by atoms with E-state index < -0.39 is 18.0 Å². The highest BCUT2D eigenvalue weighted by Gasteiger charge is 2.33. The smallest absolute Gasteiger partial charge is 0.414 e. The quantitative estimate of drug-likeness (QED) is 0.800. The summed E-state index contributed by atoms with van der Waals surface area (Å²) in [6, 6.07) is 4.32. The highest BCUT2D eigenvalue weighted by Crippen LogP contribution is 2.26. The summed E-state index contributed by atoms with van der Waals surface area (Å²) < 4.78 is 19.7. The summed E-state index contributed by atoms with van der Waals surface area (Å²) in [7, 11) is 0. The SMILES string of the molecule is CCC(=O)NCC1CN(c2ccc(C3=NNC(=O)CS3)c(F)c2)C(=O)O1. The first kappa shape index (κ1) is 18.2. The maximum absolute atomic E-state index is 14.5. The lowest BCUT2D eigenvalue weighted by atomic mass is 10.2. The van der Waals surface area contributed by atoms with Crippen molar-refractivity contribution >= 4 is 40.4 Å². The van der Waals surface area contributed by atoms with Crippen molar-refractivity contribution in [3.63, 3.8) is 0 Å². The third-order valence-corrected chi connectivity index (χ3v) is 4.83. The Hall–Kier alpha value is -2.62. The Morgan fingerprint density at radius 3 is 2.96 bits per heavy atom. The van der Waals surface area contributed by atoms with Crippen LogP contribution in [0.3, 0.4) is 0 Å². The number of carbonyl (C=O) groups excluding carboxylic acids is 3. The van der Waals surface area contributed by atoms with Gasteiger partial charge in [0.25, 0.3) is 5.91 Å². The number of rotatable bonds is 5. The number of carbonyl (C=O) groups is 3. The van der Waals surface area contributed by atoms with Gasteiger partial charge in [-0.3, -0.25) is 14.5 Å². The molecule has 0 spiro atoms. The first-order valence-corrected chi connectivity index (χ1v) is 9.00. The van der Waals surface area contributed by atoms with Crippen LogP contribution in [0, 0.1) is 5.82 Å². The van der Waals surface area contributed by atoms with Gasteiger partial charge >= 0.3 is 6.09 Å². The number of thioether (sulfide) groups is 1. The van der Waals surface area contributed by atoms with Crippen LogP contribution in [0.15, 0.2) is 23.3 Å². The Morgan fingerprint density at radius 1 is 1.50 bits per heavy atom. The van der Waals surface area contributed by atoms with Crippen molar-refractivity contribution in [2.75, 3.05) is 23.7 Å². The fraction of sp³-hybridized carbons (Fsp3) is 0.375. The van der Waals surface area contributed by atoms with Gasteiger partial charge < -0.3 is 10.1 Å². The van der Waals surface area contributed by atoms with E-state index in [-0.39, 0.29) is 36.2 Å². The molecule has 0 aromatic heterocycles. The molecule has 1 saturated heterocycles. The highest BCUT2D eigenvalue weighted by molar-refractivity contribution is 8.15. The normalized spacial score (nSPS) is 19.7. The molecule has 2 aliphatic rings. The van der Waals surface area contributed by atoms with E-state index in [0.717, 1.165) is 11.8 Å². The summed E-state index contributed by atoms with van der Waals surface area (Å²) in [6.45, 7) is 2.16. The number of hydrogen-bond donors (Lipinski definition) is 2. The molecule has 1 aromatic rings. The Morgan fingerprint density at radius 2 is 2.31 bits per heavy atom. The van der Waals surface area contributed by atoms with Crippen LogP contribution in [0.1, 0.15) is 18.9 Å². The van der Waals surface area contributed by atoms with Gasteiger partial charge in [0, 0.05) is 12.0 Å². The van der Waals surface area contributed by atoms with Gasteiger partial charge in [0.2, 0.25) is 5.91 Å². The van der Waals surface area contributed by atoms with E-state index >= 15 is 0 Å². The Kier molecular flexibility index (Phi) is 5.40. The zero-order chi connectivity index (χ0) is 18.7. The molecule has 2 heterocycles. The van der Waals surface area contributed by atoms with Gasteiger partial charge in [-0.2, -0.15) is 5.10 Å². The molecule has 0 radical (unpaired) electrons. The largest absolute Gasteiger partial charge is 0.442 e. The zero-order valence-electron chi connectivity index (χ0n) is 14.0. The lowest BCUT2D eigenvalue weighted by molar-refractivity contribution is -0.121. The molecular formula is C16H17FN4O4S. The van der Waals surface area contributed by atoms with Crippen LogP contribution in [-0.4, -0.2) is 47.9 Å². The molecule has 0 saturated carbocycles. The molecule has 26 heavy (non-hydrogen) atoms. The lowest BCUT2D eigenvalue weighted by Crippen LogP contribution is -2.34. The van der Waals surface area contributed by atoms with Crippen molar-refractivity contribution in [1.29, 1.82) is 0 Å². The third kappa shape index (κ3) is 3.96. The van der Waals surface area contributed by atoms with Crippen LogP contribution in [0.4, 0.5) is 14.9 Å². The topological polar surface area (TPSA) is 100 Å². The maximum Gasteiger partial charge on any atom is 0.414 e. The van der Waals surface area contributed by atoms with Crippen molar-refractivity contribution < 1.29 is 23.5 Å². The molecule has 0 bridgehead atoms. The van der Waals surface area contributed by atoms with Gasteiger partial charge in [-0.25, -0.2) is 14.6 Å². The molecule has 1 atom stereocenters. The minimum absolute atomic E-state index is 0.132. The summed E-state index contributed by atoms with van der Waals surface area (Å²) in [5, 5.41) is 6.88. The predicted octanol–water partition coefficient (Wildman–Crippen LogP) is 1.20. The standard InChI is InChI=1S/C16H17FN4O4S/c1-2-13(22)18-6-10-7-21(16(24)25-10)9-3-4-11(12(17)5-9)15-20-19-14(23)8-26-15/h3-5,10H,2,6-8H2,1H3,(H,18,22)(H,19,23). The van der Waals surface area contributed by atoms with Gasteiger partial charge in [-0.1, -0.05) is 18.7 Å². The molecule has 3 rings (SSSR count). The van der Waals surface area contributed by atoms with E-state index in [2.05, 4.69) is 15.8 Å². The fourth-order valence-corrected chi connectivity index (χ4v) is 3.25. The van der Waals surface area contributed by atoms with E-state index in [1.807, 2.05) is 0 Å². The van der Waals surface area contributed by atoms with Crippen LogP contribution in [0.25, 0.3) is 0 Å². The number of nitrogens with zero attached hydrogens (tertiary/aromatic N) is 2. The first-order valence-electron chi connectivity index (χ1n) is 8.02. The Bertz CT molecular complexity index is 786. The predicted molar refractivity (Wildman–Crippen MR) is 94.5 cm³/mol. The molecule has 3 amide bonds.